The van der Waals surface area contributed by atoms with Crippen molar-refractivity contribution in [2.75, 3.05) is 20.1 Å². The van der Waals surface area contributed by atoms with Crippen molar-refractivity contribution in [1.82, 2.24) is 4.90 Å². The number of hydrogen-bond acceptors (Lipinski definition) is 5. The van der Waals surface area contributed by atoms with Crippen LogP contribution >= 0.6 is 0 Å². The van der Waals surface area contributed by atoms with Gasteiger partial charge in [-0.2, -0.15) is 0 Å². The van der Waals surface area contributed by atoms with Crippen molar-refractivity contribution in [3.05, 3.63) is 12.1 Å². The average Bonchev–Trinajstić information content (AvgIpc) is 2.11. The Labute approximate surface area is 89.2 Å². The Morgan fingerprint density at radius 3 is 2.33 bits per heavy atom. The fourth-order valence-corrected chi connectivity index (χ4v) is 1.18. The van der Waals surface area contributed by atoms with E-state index < -0.39 is 19.1 Å². The molecule has 1 aliphatic heterocycles. The molecule has 6 heteroatoms. The average molecular weight is 211 g/mol. The fraction of sp³-hybridized carbons (Fsp3) is 0.556. The minimum atomic E-state index is -0.876. The van der Waals surface area contributed by atoms with E-state index in [0.29, 0.717) is 0 Å². The van der Waals surface area contributed by atoms with Gasteiger partial charge in [-0.05, 0) is 19.4 Å². The number of hydrogen-bond donors (Lipinski definition) is 0. The quantitative estimate of drug-likeness (QED) is 0.602. The molecule has 0 bridgehead atoms. The van der Waals surface area contributed by atoms with E-state index in [0.717, 1.165) is 6.42 Å². The predicted molar refractivity (Wildman–Crippen MR) is 54.9 cm³/mol. The largest absolute Gasteiger partial charge is 0.628 e. The normalized spacial score (nSPS) is 19.7. The van der Waals surface area contributed by atoms with Crippen LogP contribution in [0.5, 0.6) is 0 Å². The summed E-state index contributed by atoms with van der Waals surface area (Å²) in [6, 6.07) is 0. The van der Waals surface area contributed by atoms with Crippen molar-refractivity contribution in [3.63, 3.8) is 0 Å². The van der Waals surface area contributed by atoms with Crippen molar-refractivity contribution >= 4 is 19.1 Å². The first kappa shape index (κ1) is 11.8. The molecule has 0 amide bonds. The zero-order valence-electron chi connectivity index (χ0n) is 8.93. The van der Waals surface area contributed by atoms with Crippen LogP contribution < -0.4 is 0 Å². The summed E-state index contributed by atoms with van der Waals surface area (Å²) in [6.07, 6.45) is 2.59. The molecule has 1 saturated heterocycles. The van der Waals surface area contributed by atoms with Crippen molar-refractivity contribution in [1.29, 1.82) is 0 Å². The summed E-state index contributed by atoms with van der Waals surface area (Å²) in [5.41, 5.74) is 0. The Hall–Kier alpha value is -1.30. The van der Waals surface area contributed by atoms with Gasteiger partial charge in [-0.1, -0.05) is 13.0 Å². The second-order valence-corrected chi connectivity index (χ2v) is 3.36. The van der Waals surface area contributed by atoms with Gasteiger partial charge in [0, 0.05) is 0 Å². The second kappa shape index (κ2) is 5.55. The lowest BCUT2D eigenvalue weighted by molar-refractivity contribution is -0.145. The van der Waals surface area contributed by atoms with Crippen LogP contribution in [0.1, 0.15) is 13.3 Å². The third kappa shape index (κ3) is 4.16. The van der Waals surface area contributed by atoms with Gasteiger partial charge in [-0.3, -0.25) is 14.5 Å². The molecule has 1 heterocycles. The molecule has 82 valence electrons. The minimum absolute atomic E-state index is 0.103. The smallest absolute Gasteiger partial charge is 0.495 e. The lowest BCUT2D eigenvalue weighted by atomic mass is 9.89. The van der Waals surface area contributed by atoms with Crippen molar-refractivity contribution in [3.8, 4) is 0 Å². The van der Waals surface area contributed by atoms with Gasteiger partial charge in [-0.15, -0.1) is 0 Å². The minimum Gasteiger partial charge on any atom is -0.495 e. The molecule has 0 radical (unpaired) electrons. The van der Waals surface area contributed by atoms with E-state index in [4.69, 9.17) is 9.31 Å². The zero-order chi connectivity index (χ0) is 11.3. The van der Waals surface area contributed by atoms with E-state index in [2.05, 4.69) is 0 Å². The lowest BCUT2D eigenvalue weighted by Crippen LogP contribution is -2.41. The van der Waals surface area contributed by atoms with Gasteiger partial charge in [0.2, 0.25) is 0 Å². The van der Waals surface area contributed by atoms with E-state index in [1.54, 1.807) is 24.0 Å². The molecule has 0 aromatic heterocycles. The molecule has 0 atom stereocenters. The molecule has 0 aromatic rings. The first-order valence-electron chi connectivity index (χ1n) is 4.86. The van der Waals surface area contributed by atoms with Crippen LogP contribution in [-0.2, 0) is 18.9 Å². The van der Waals surface area contributed by atoms with Gasteiger partial charge < -0.3 is 9.31 Å². The number of allylic oxidation sites excluding steroid dienone is 1. The van der Waals surface area contributed by atoms with Crippen molar-refractivity contribution in [2.24, 2.45) is 0 Å². The predicted octanol–water partition coefficient (Wildman–Crippen LogP) is 0.0118. The summed E-state index contributed by atoms with van der Waals surface area (Å²) < 4.78 is 9.85. The third-order valence-corrected chi connectivity index (χ3v) is 1.82. The first-order chi connectivity index (χ1) is 7.11. The summed E-state index contributed by atoms with van der Waals surface area (Å²) >= 11 is 0. The summed E-state index contributed by atoms with van der Waals surface area (Å²) in [4.78, 5) is 24.0. The molecule has 0 spiro atoms. The molecule has 1 fully saturated rings. The molecule has 0 unspecified atom stereocenters. The maximum absolute atomic E-state index is 11.2. The van der Waals surface area contributed by atoms with Gasteiger partial charge in [-0.25, -0.2) is 0 Å². The molecule has 15 heavy (non-hydrogen) atoms. The Balaban J connectivity index is 2.61. The van der Waals surface area contributed by atoms with Gasteiger partial charge in [0.15, 0.2) is 0 Å². The molecule has 1 aliphatic rings. The first-order valence-corrected chi connectivity index (χ1v) is 4.86. The second-order valence-electron chi connectivity index (χ2n) is 3.36. The standard InChI is InChI=1S/C9H14BNO4/c1-3-4-5-10-14-8(12)6-11(2)7-9(13)15-10/h4-5H,3,6-7H2,1-2H3/b5-4+. The Morgan fingerprint density at radius 1 is 1.33 bits per heavy atom. The summed E-state index contributed by atoms with van der Waals surface area (Å²) in [5.74, 6) is 0.785. The highest BCUT2D eigenvalue weighted by Gasteiger charge is 2.28. The lowest BCUT2D eigenvalue weighted by Gasteiger charge is -2.21. The van der Waals surface area contributed by atoms with Crippen LogP contribution in [0.2, 0.25) is 0 Å². The van der Waals surface area contributed by atoms with E-state index in [9.17, 15) is 9.59 Å². The number of carbonyl (C=O) groups excluding carboxylic acids is 2. The molecular weight excluding hydrogens is 197 g/mol. The van der Waals surface area contributed by atoms with Gasteiger partial charge in [0.25, 0.3) is 0 Å². The van der Waals surface area contributed by atoms with E-state index in [1.165, 1.54) is 0 Å². The van der Waals surface area contributed by atoms with E-state index in [-0.39, 0.29) is 13.1 Å². The van der Waals surface area contributed by atoms with E-state index in [1.807, 2.05) is 6.92 Å². The van der Waals surface area contributed by atoms with Crippen LogP contribution in [0.4, 0.5) is 0 Å². The molecular formula is C9H14BNO4. The number of likely N-dealkylation sites (N-methyl/N-ethyl adjacent to an activating group) is 1. The monoisotopic (exact) mass is 211 g/mol. The van der Waals surface area contributed by atoms with Gasteiger partial charge in [0.1, 0.15) is 0 Å². The van der Waals surface area contributed by atoms with E-state index >= 15 is 0 Å². The molecule has 0 aliphatic carbocycles. The highest BCUT2D eigenvalue weighted by atomic mass is 16.6. The van der Waals surface area contributed by atoms with Crippen LogP contribution in [0, 0.1) is 0 Å². The van der Waals surface area contributed by atoms with Crippen molar-refractivity contribution < 1.29 is 18.9 Å². The molecule has 0 N–H and O–H groups in total. The highest BCUT2D eigenvalue weighted by Crippen LogP contribution is 2.01. The van der Waals surface area contributed by atoms with Gasteiger partial charge >= 0.3 is 19.1 Å². The van der Waals surface area contributed by atoms with Crippen LogP contribution in [0.3, 0.4) is 0 Å². The SMILES string of the molecule is CC/C=C/B1OC(=O)CN(C)CC(=O)O1. The summed E-state index contributed by atoms with van der Waals surface area (Å²) in [7, 11) is 0.781. The molecule has 0 aromatic carbocycles. The fourth-order valence-electron chi connectivity index (χ4n) is 1.18. The summed E-state index contributed by atoms with van der Waals surface area (Å²) in [5, 5.41) is 0. The number of nitrogens with zero attached hydrogens (tertiary/aromatic N) is 1. The zero-order valence-corrected chi connectivity index (χ0v) is 8.93. The number of carbonyl (C=O) groups is 2. The Bertz CT molecular complexity index is 259. The maximum atomic E-state index is 11.2. The van der Waals surface area contributed by atoms with Gasteiger partial charge in [0.05, 0.1) is 13.1 Å². The van der Waals surface area contributed by atoms with Crippen LogP contribution in [0.15, 0.2) is 12.1 Å². The topological polar surface area (TPSA) is 55.8 Å². The maximum Gasteiger partial charge on any atom is 0.628 e. The third-order valence-electron chi connectivity index (χ3n) is 1.82. The van der Waals surface area contributed by atoms with Crippen LogP contribution in [0.25, 0.3) is 0 Å². The van der Waals surface area contributed by atoms with Crippen molar-refractivity contribution in [2.45, 2.75) is 13.3 Å². The molecule has 1 rings (SSSR count). The molecule has 5 nitrogen and oxygen atoms in total. The summed E-state index contributed by atoms with van der Waals surface area (Å²) in [6.45, 7) is 2.15. The highest BCUT2D eigenvalue weighted by molar-refractivity contribution is 6.54. The number of rotatable bonds is 2. The molecule has 0 saturated carbocycles. The Kier molecular flexibility index (Phi) is 4.36. The Morgan fingerprint density at radius 2 is 1.87 bits per heavy atom. The van der Waals surface area contributed by atoms with Crippen LogP contribution in [-0.4, -0.2) is 44.1 Å².